The van der Waals surface area contributed by atoms with Crippen LogP contribution in [-0.4, -0.2) is 20.4 Å². The molecule has 0 radical (unpaired) electrons. The Morgan fingerprint density at radius 2 is 2.17 bits per heavy atom. The molecular weight excluding hydrogens is 303 g/mol. The quantitative estimate of drug-likeness (QED) is 0.795. The van der Waals surface area contributed by atoms with Gasteiger partial charge in [0.15, 0.2) is 11.4 Å². The summed E-state index contributed by atoms with van der Waals surface area (Å²) in [6.45, 7) is 3.07. The minimum Gasteiger partial charge on any atom is -0.422 e. The maximum atomic E-state index is 13.6. The van der Waals surface area contributed by atoms with Crippen LogP contribution in [0.25, 0.3) is 11.2 Å². The highest BCUT2D eigenvalue weighted by molar-refractivity contribution is 5.90. The molecule has 0 aliphatic rings. The first-order chi connectivity index (χ1) is 10.9. The molecule has 3 rings (SSSR count). The largest absolute Gasteiger partial charge is 0.422 e. The molecule has 2 heterocycles. The summed E-state index contributed by atoms with van der Waals surface area (Å²) in [6, 6.07) is 4.38. The molecule has 3 aromatic rings. The van der Waals surface area contributed by atoms with Crippen molar-refractivity contribution in [2.75, 3.05) is 5.32 Å². The van der Waals surface area contributed by atoms with Gasteiger partial charge >= 0.3 is 0 Å². The number of aryl methyl sites for hydroxylation is 2. The van der Waals surface area contributed by atoms with E-state index in [1.807, 2.05) is 0 Å². The average Bonchev–Trinajstić information content (AvgIpc) is 2.87. The summed E-state index contributed by atoms with van der Waals surface area (Å²) in [4.78, 5) is 32.1. The molecule has 0 atom stereocenters. The number of anilines is 1. The van der Waals surface area contributed by atoms with E-state index in [4.69, 9.17) is 4.42 Å². The third-order valence-corrected chi connectivity index (χ3v) is 3.20. The summed E-state index contributed by atoms with van der Waals surface area (Å²) in [7, 11) is 0. The van der Waals surface area contributed by atoms with Crippen LogP contribution in [0, 0.1) is 19.7 Å². The number of hydrogen-bond acceptors (Lipinski definition) is 5. The van der Waals surface area contributed by atoms with E-state index < -0.39 is 17.3 Å². The number of carbonyl (C=O) groups is 1. The highest BCUT2D eigenvalue weighted by Crippen LogP contribution is 2.15. The van der Waals surface area contributed by atoms with E-state index in [-0.39, 0.29) is 23.5 Å². The fourth-order valence-corrected chi connectivity index (χ4v) is 2.15. The Morgan fingerprint density at radius 1 is 1.39 bits per heavy atom. The molecule has 23 heavy (non-hydrogen) atoms. The molecule has 1 aromatic carbocycles. The van der Waals surface area contributed by atoms with Gasteiger partial charge in [0.05, 0.1) is 5.69 Å². The van der Waals surface area contributed by atoms with Gasteiger partial charge in [-0.15, -0.1) is 0 Å². The molecule has 0 saturated carbocycles. The Bertz CT molecular complexity index is 961. The lowest BCUT2D eigenvalue weighted by Crippen LogP contribution is -2.28. The number of aromatic nitrogens is 3. The molecule has 0 fully saturated rings. The molecule has 0 spiro atoms. The van der Waals surface area contributed by atoms with Gasteiger partial charge in [0.1, 0.15) is 18.7 Å². The first kappa shape index (κ1) is 14.9. The summed E-state index contributed by atoms with van der Waals surface area (Å²) in [6.07, 6.45) is 1.20. The van der Waals surface area contributed by atoms with Crippen molar-refractivity contribution in [1.29, 1.82) is 0 Å². The number of benzene rings is 1. The second-order valence-electron chi connectivity index (χ2n) is 5.10. The number of nitrogens with zero attached hydrogens (tertiary/aromatic N) is 3. The molecule has 2 aromatic heterocycles. The minimum absolute atomic E-state index is 0.0551. The van der Waals surface area contributed by atoms with Crippen molar-refractivity contribution in [2.24, 2.45) is 0 Å². The van der Waals surface area contributed by atoms with Crippen LogP contribution in [0.3, 0.4) is 0 Å². The Kier molecular flexibility index (Phi) is 3.65. The average molecular weight is 316 g/mol. The van der Waals surface area contributed by atoms with E-state index in [1.54, 1.807) is 19.9 Å². The molecule has 7 nitrogen and oxygen atoms in total. The van der Waals surface area contributed by atoms with E-state index in [0.29, 0.717) is 5.89 Å². The molecule has 0 aliphatic carbocycles. The fraction of sp³-hybridized carbons (Fsp3) is 0.200. The molecule has 0 saturated heterocycles. The number of hydrogen-bond donors (Lipinski definition) is 1. The lowest BCUT2D eigenvalue weighted by atomic mass is 10.2. The van der Waals surface area contributed by atoms with Crippen molar-refractivity contribution in [3.63, 3.8) is 0 Å². The van der Waals surface area contributed by atoms with Crippen LogP contribution in [0.15, 0.2) is 33.7 Å². The zero-order chi connectivity index (χ0) is 16.6. The maximum absolute atomic E-state index is 13.6. The molecule has 1 amide bonds. The van der Waals surface area contributed by atoms with E-state index in [9.17, 15) is 14.0 Å². The fourth-order valence-electron chi connectivity index (χ4n) is 2.15. The van der Waals surface area contributed by atoms with E-state index >= 15 is 0 Å². The van der Waals surface area contributed by atoms with Crippen molar-refractivity contribution < 1.29 is 13.6 Å². The monoisotopic (exact) mass is 316 g/mol. The number of halogens is 1. The first-order valence-corrected chi connectivity index (χ1v) is 6.82. The summed E-state index contributed by atoms with van der Waals surface area (Å²) < 4.78 is 19.9. The lowest BCUT2D eigenvalue weighted by molar-refractivity contribution is -0.116. The van der Waals surface area contributed by atoms with Gasteiger partial charge in [-0.2, -0.15) is 0 Å². The Morgan fingerprint density at radius 3 is 2.96 bits per heavy atom. The van der Waals surface area contributed by atoms with Crippen LogP contribution in [0.2, 0.25) is 0 Å². The van der Waals surface area contributed by atoms with Crippen molar-refractivity contribution in [3.05, 3.63) is 52.2 Å². The number of rotatable bonds is 3. The van der Waals surface area contributed by atoms with Gasteiger partial charge in [-0.1, -0.05) is 6.07 Å². The summed E-state index contributed by atoms with van der Waals surface area (Å²) in [5, 5.41) is 2.43. The standard InChI is InChI=1S/C15H13FN4O3/c1-8-3-4-10(16)11(5-8)19-12(21)6-20-7-17-14-13(15(20)22)18-9(2)23-14/h3-5,7H,6H2,1-2H3,(H,19,21). The number of nitrogens with one attached hydrogen (secondary N) is 1. The van der Waals surface area contributed by atoms with E-state index in [1.165, 1.54) is 18.5 Å². The van der Waals surface area contributed by atoms with Crippen molar-refractivity contribution in [2.45, 2.75) is 20.4 Å². The van der Waals surface area contributed by atoms with E-state index in [0.717, 1.165) is 10.1 Å². The maximum Gasteiger partial charge on any atom is 0.283 e. The van der Waals surface area contributed by atoms with Gasteiger partial charge in [0.2, 0.25) is 5.91 Å². The topological polar surface area (TPSA) is 90.0 Å². The lowest BCUT2D eigenvalue weighted by Gasteiger charge is -2.08. The molecule has 0 aliphatic heterocycles. The molecule has 8 heteroatoms. The third-order valence-electron chi connectivity index (χ3n) is 3.20. The van der Waals surface area contributed by atoms with Crippen molar-refractivity contribution in [3.8, 4) is 0 Å². The molecule has 1 N–H and O–H groups in total. The van der Waals surface area contributed by atoms with Gasteiger partial charge < -0.3 is 9.73 Å². The molecule has 0 bridgehead atoms. The van der Waals surface area contributed by atoms with E-state index in [2.05, 4.69) is 15.3 Å². The zero-order valence-corrected chi connectivity index (χ0v) is 12.5. The Hall–Kier alpha value is -3.03. The predicted molar refractivity (Wildman–Crippen MR) is 80.6 cm³/mol. The summed E-state index contributed by atoms with van der Waals surface area (Å²) in [5.41, 5.74) is 0.550. The molecular formula is C15H13FN4O3. The second-order valence-corrected chi connectivity index (χ2v) is 5.10. The SMILES string of the molecule is Cc1ccc(F)c(NC(=O)Cn2cnc3oc(C)nc3c2=O)c1. The number of oxazole rings is 1. The Balaban J connectivity index is 1.84. The summed E-state index contributed by atoms with van der Waals surface area (Å²) >= 11 is 0. The summed E-state index contributed by atoms with van der Waals surface area (Å²) in [5.74, 6) is -0.774. The predicted octanol–water partition coefficient (Wildman–Crippen LogP) is 1.78. The minimum atomic E-state index is -0.544. The molecule has 118 valence electrons. The second kappa shape index (κ2) is 5.64. The smallest absolute Gasteiger partial charge is 0.283 e. The number of amides is 1. The normalized spacial score (nSPS) is 10.9. The van der Waals surface area contributed by atoms with Gasteiger partial charge in [-0.05, 0) is 24.6 Å². The van der Waals surface area contributed by atoms with Gasteiger partial charge in [-0.25, -0.2) is 14.4 Å². The van der Waals surface area contributed by atoms with Crippen molar-refractivity contribution in [1.82, 2.24) is 14.5 Å². The van der Waals surface area contributed by atoms with Crippen LogP contribution in [0.5, 0.6) is 0 Å². The third kappa shape index (κ3) is 2.96. The van der Waals surface area contributed by atoms with Crippen LogP contribution in [0.4, 0.5) is 10.1 Å². The first-order valence-electron chi connectivity index (χ1n) is 6.82. The number of fused-ring (bicyclic) bond motifs is 1. The number of carbonyl (C=O) groups excluding carboxylic acids is 1. The van der Waals surface area contributed by atoms with Crippen LogP contribution >= 0.6 is 0 Å². The van der Waals surface area contributed by atoms with Crippen LogP contribution in [-0.2, 0) is 11.3 Å². The Labute approximate surface area is 129 Å². The van der Waals surface area contributed by atoms with Crippen LogP contribution in [0.1, 0.15) is 11.5 Å². The van der Waals surface area contributed by atoms with Crippen molar-refractivity contribution >= 4 is 22.8 Å². The molecule has 0 unspecified atom stereocenters. The van der Waals surface area contributed by atoms with Crippen LogP contribution < -0.4 is 10.9 Å². The van der Waals surface area contributed by atoms with Gasteiger partial charge in [-0.3, -0.25) is 14.2 Å². The zero-order valence-electron chi connectivity index (χ0n) is 12.5. The van der Waals surface area contributed by atoms with Gasteiger partial charge in [0.25, 0.3) is 11.3 Å². The highest BCUT2D eigenvalue weighted by atomic mass is 19.1. The van der Waals surface area contributed by atoms with Gasteiger partial charge in [0, 0.05) is 6.92 Å². The highest BCUT2D eigenvalue weighted by Gasteiger charge is 2.13.